The maximum Gasteiger partial charge on any atom is 0.412 e. The van der Waals surface area contributed by atoms with Gasteiger partial charge >= 0.3 is 6.09 Å². The van der Waals surface area contributed by atoms with E-state index in [1.165, 1.54) is 24.5 Å². The summed E-state index contributed by atoms with van der Waals surface area (Å²) in [5.41, 5.74) is 1.26. The van der Waals surface area contributed by atoms with Crippen LogP contribution in [0.2, 0.25) is 0 Å². The van der Waals surface area contributed by atoms with Crippen LogP contribution < -0.4 is 5.32 Å². The molecular formula is C14H16N2O3S. The Balaban J connectivity index is 2.24. The molecule has 20 heavy (non-hydrogen) atoms. The molecule has 6 heteroatoms. The van der Waals surface area contributed by atoms with Crippen molar-refractivity contribution < 1.29 is 14.3 Å². The number of pyridine rings is 1. The fourth-order valence-corrected chi connectivity index (χ4v) is 2.49. The Morgan fingerprint density at radius 1 is 1.35 bits per heavy atom. The van der Waals surface area contributed by atoms with E-state index in [1.807, 2.05) is 0 Å². The largest absolute Gasteiger partial charge is 0.444 e. The predicted molar refractivity (Wildman–Crippen MR) is 79.5 cm³/mol. The number of rotatable bonds is 2. The minimum Gasteiger partial charge on any atom is -0.444 e. The second-order valence-electron chi connectivity index (χ2n) is 5.40. The van der Waals surface area contributed by atoms with Crippen LogP contribution in [0.4, 0.5) is 10.5 Å². The molecule has 2 heterocycles. The lowest BCUT2D eigenvalue weighted by molar-refractivity contribution is 0.0636. The third kappa shape index (κ3) is 3.33. The van der Waals surface area contributed by atoms with Crippen LogP contribution in [0.3, 0.4) is 0 Å². The number of ether oxygens (including phenoxy) is 1. The van der Waals surface area contributed by atoms with Gasteiger partial charge in [0.05, 0.1) is 10.4 Å². The van der Waals surface area contributed by atoms with Gasteiger partial charge in [0.25, 0.3) is 0 Å². The molecule has 0 atom stereocenters. The van der Waals surface area contributed by atoms with Crippen LogP contribution in [-0.2, 0) is 4.74 Å². The minimum absolute atomic E-state index is 0.0329. The number of Topliss-reactive ketones (excluding diaryl/α,β-unsaturated/α-hetero) is 1. The van der Waals surface area contributed by atoms with E-state index in [-0.39, 0.29) is 5.78 Å². The van der Waals surface area contributed by atoms with Crippen molar-refractivity contribution in [1.82, 2.24) is 4.98 Å². The van der Waals surface area contributed by atoms with E-state index >= 15 is 0 Å². The Morgan fingerprint density at radius 3 is 2.65 bits per heavy atom. The maximum atomic E-state index is 11.7. The molecule has 0 aromatic carbocycles. The lowest BCUT2D eigenvalue weighted by Gasteiger charge is -2.19. The summed E-state index contributed by atoms with van der Waals surface area (Å²) in [5.74, 6) is -0.0329. The van der Waals surface area contributed by atoms with E-state index in [4.69, 9.17) is 4.74 Å². The number of hydrogen-bond acceptors (Lipinski definition) is 5. The fraction of sp³-hybridized carbons (Fsp3) is 0.357. The quantitative estimate of drug-likeness (QED) is 0.854. The molecule has 0 aliphatic rings. The van der Waals surface area contributed by atoms with Crippen molar-refractivity contribution >= 4 is 39.1 Å². The van der Waals surface area contributed by atoms with Gasteiger partial charge in [0.1, 0.15) is 11.1 Å². The summed E-state index contributed by atoms with van der Waals surface area (Å²) in [6, 6.07) is 1.77. The number of fused-ring (bicyclic) bond motifs is 1. The van der Waals surface area contributed by atoms with Crippen LogP contribution in [-0.4, -0.2) is 22.5 Å². The predicted octanol–water partition coefficient (Wildman–Crippen LogP) is 3.85. The summed E-state index contributed by atoms with van der Waals surface area (Å²) >= 11 is 1.42. The van der Waals surface area contributed by atoms with Gasteiger partial charge in [0.15, 0.2) is 5.78 Å². The molecule has 0 spiro atoms. The molecule has 0 unspecified atom stereocenters. The van der Waals surface area contributed by atoms with Gasteiger partial charge in [-0.2, -0.15) is 0 Å². The van der Waals surface area contributed by atoms with Crippen LogP contribution >= 0.6 is 11.3 Å². The van der Waals surface area contributed by atoms with E-state index in [1.54, 1.807) is 32.2 Å². The van der Waals surface area contributed by atoms with E-state index in [2.05, 4.69) is 10.3 Å². The zero-order chi connectivity index (χ0) is 14.9. The van der Waals surface area contributed by atoms with Gasteiger partial charge in [-0.05, 0) is 33.8 Å². The maximum absolute atomic E-state index is 11.7. The first-order valence-electron chi connectivity index (χ1n) is 6.14. The van der Waals surface area contributed by atoms with Crippen molar-refractivity contribution in [1.29, 1.82) is 0 Å². The monoisotopic (exact) mass is 292 g/mol. The standard InChI is InChI=1S/C14H16N2O3S/c1-8(17)9-5-11-12(15-6-9)10(7-20-11)16-13(18)19-14(2,3)4/h5-7H,1-4H3,(H,16,18). The highest BCUT2D eigenvalue weighted by atomic mass is 32.1. The van der Waals surface area contributed by atoms with Crippen molar-refractivity contribution in [2.24, 2.45) is 0 Å². The Bertz CT molecular complexity index is 671. The van der Waals surface area contributed by atoms with Crippen molar-refractivity contribution in [3.63, 3.8) is 0 Å². The summed E-state index contributed by atoms with van der Waals surface area (Å²) in [6.07, 6.45) is 0.993. The van der Waals surface area contributed by atoms with Gasteiger partial charge in [-0.1, -0.05) is 0 Å². The molecular weight excluding hydrogens is 276 g/mol. The second-order valence-corrected chi connectivity index (χ2v) is 6.31. The van der Waals surface area contributed by atoms with Gasteiger partial charge in [-0.3, -0.25) is 15.1 Å². The summed E-state index contributed by atoms with van der Waals surface area (Å²) in [7, 11) is 0. The molecule has 0 radical (unpaired) electrons. The molecule has 5 nitrogen and oxygen atoms in total. The summed E-state index contributed by atoms with van der Waals surface area (Å²) < 4.78 is 6.05. The Hall–Kier alpha value is -1.95. The highest BCUT2D eigenvalue weighted by Gasteiger charge is 2.18. The molecule has 0 bridgehead atoms. The van der Waals surface area contributed by atoms with Crippen LogP contribution in [0.25, 0.3) is 10.2 Å². The number of ketones is 1. The number of nitrogens with one attached hydrogen (secondary N) is 1. The van der Waals surface area contributed by atoms with Gasteiger partial charge in [-0.25, -0.2) is 4.79 Å². The number of hydrogen-bond donors (Lipinski definition) is 1. The number of amides is 1. The van der Waals surface area contributed by atoms with Gasteiger partial charge in [-0.15, -0.1) is 11.3 Å². The molecule has 2 aromatic rings. The van der Waals surface area contributed by atoms with Crippen LogP contribution in [0.5, 0.6) is 0 Å². The van der Waals surface area contributed by atoms with Crippen molar-refractivity contribution in [3.8, 4) is 0 Å². The number of carbonyl (C=O) groups is 2. The van der Waals surface area contributed by atoms with E-state index < -0.39 is 11.7 Å². The Labute approximate surface area is 121 Å². The summed E-state index contributed by atoms with van der Waals surface area (Å²) in [4.78, 5) is 27.3. The third-order valence-electron chi connectivity index (χ3n) is 2.45. The summed E-state index contributed by atoms with van der Waals surface area (Å²) in [6.45, 7) is 6.90. The van der Waals surface area contributed by atoms with E-state index in [0.717, 1.165) is 4.70 Å². The first kappa shape index (κ1) is 14.5. The first-order chi connectivity index (χ1) is 9.26. The summed E-state index contributed by atoms with van der Waals surface area (Å²) in [5, 5.41) is 4.46. The molecule has 0 saturated heterocycles. The number of thiophene rings is 1. The number of aromatic nitrogens is 1. The molecule has 2 rings (SSSR count). The second kappa shape index (κ2) is 5.20. The zero-order valence-electron chi connectivity index (χ0n) is 11.8. The zero-order valence-corrected chi connectivity index (χ0v) is 12.6. The number of nitrogens with zero attached hydrogens (tertiary/aromatic N) is 1. The topological polar surface area (TPSA) is 68.3 Å². The normalized spacial score (nSPS) is 11.4. The molecule has 0 aliphatic carbocycles. The minimum atomic E-state index is -0.550. The molecule has 0 aliphatic heterocycles. The van der Waals surface area contributed by atoms with Gasteiger partial charge in [0.2, 0.25) is 0 Å². The lowest BCUT2D eigenvalue weighted by atomic mass is 10.2. The first-order valence-corrected chi connectivity index (χ1v) is 7.02. The third-order valence-corrected chi connectivity index (χ3v) is 3.37. The number of carbonyl (C=O) groups excluding carboxylic acids is 2. The molecule has 1 amide bonds. The van der Waals surface area contributed by atoms with E-state index in [0.29, 0.717) is 16.8 Å². The van der Waals surface area contributed by atoms with Crippen LogP contribution in [0.15, 0.2) is 17.6 Å². The van der Waals surface area contributed by atoms with Crippen molar-refractivity contribution in [2.75, 3.05) is 5.32 Å². The highest BCUT2D eigenvalue weighted by molar-refractivity contribution is 7.17. The fourth-order valence-electron chi connectivity index (χ4n) is 1.61. The Morgan fingerprint density at radius 2 is 2.05 bits per heavy atom. The SMILES string of the molecule is CC(=O)c1cnc2c(NC(=O)OC(C)(C)C)csc2c1. The highest BCUT2D eigenvalue weighted by Crippen LogP contribution is 2.29. The van der Waals surface area contributed by atoms with E-state index in [9.17, 15) is 9.59 Å². The average Bonchev–Trinajstić information content (AvgIpc) is 2.69. The lowest BCUT2D eigenvalue weighted by Crippen LogP contribution is -2.27. The molecule has 106 valence electrons. The van der Waals surface area contributed by atoms with Crippen molar-refractivity contribution in [2.45, 2.75) is 33.3 Å². The Kier molecular flexibility index (Phi) is 3.76. The van der Waals surface area contributed by atoms with Crippen LogP contribution in [0, 0.1) is 0 Å². The molecule has 0 saturated carbocycles. The smallest absolute Gasteiger partial charge is 0.412 e. The average molecular weight is 292 g/mol. The molecule has 2 aromatic heterocycles. The number of anilines is 1. The van der Waals surface area contributed by atoms with Gasteiger partial charge in [0, 0.05) is 17.1 Å². The molecule has 0 fully saturated rings. The molecule has 1 N–H and O–H groups in total. The van der Waals surface area contributed by atoms with Gasteiger partial charge < -0.3 is 4.74 Å². The van der Waals surface area contributed by atoms with Crippen molar-refractivity contribution in [3.05, 3.63) is 23.2 Å². The van der Waals surface area contributed by atoms with Crippen LogP contribution in [0.1, 0.15) is 38.1 Å².